The number of aliphatic hydroxyl groups excluding tert-OH is 1. The molecule has 1 unspecified atom stereocenters. The van der Waals surface area contributed by atoms with Gasteiger partial charge in [0.2, 0.25) is 0 Å². The van der Waals surface area contributed by atoms with Crippen molar-refractivity contribution < 1.29 is 14.6 Å². The quantitative estimate of drug-likeness (QED) is 0.702. The zero-order chi connectivity index (χ0) is 22.6. The van der Waals surface area contributed by atoms with Gasteiger partial charge in [0.05, 0.1) is 24.9 Å². The van der Waals surface area contributed by atoms with Crippen LogP contribution < -0.4 is 0 Å². The number of hydrogen-bond acceptors (Lipinski definition) is 5. The van der Waals surface area contributed by atoms with Crippen molar-refractivity contribution >= 4 is 6.03 Å². The Morgan fingerprint density at radius 3 is 2.70 bits per heavy atom. The number of fused-ring (bicyclic) bond motifs is 1. The molecule has 2 amide bonds. The first-order valence-corrected chi connectivity index (χ1v) is 12.2. The summed E-state index contributed by atoms with van der Waals surface area (Å²) in [5.41, 5.74) is 4.87. The van der Waals surface area contributed by atoms with E-state index in [9.17, 15) is 9.90 Å². The summed E-state index contributed by atoms with van der Waals surface area (Å²) < 4.78 is 5.59. The minimum Gasteiger partial charge on any atom is -0.390 e. The molecule has 7 heteroatoms. The maximum Gasteiger partial charge on any atom is 0.320 e. The molecule has 1 N–H and O–H groups in total. The highest BCUT2D eigenvalue weighted by Gasteiger charge is 2.31. The largest absolute Gasteiger partial charge is 0.390 e. The van der Waals surface area contributed by atoms with Crippen LogP contribution in [-0.2, 0) is 24.2 Å². The smallest absolute Gasteiger partial charge is 0.320 e. The summed E-state index contributed by atoms with van der Waals surface area (Å²) >= 11 is 0. The summed E-state index contributed by atoms with van der Waals surface area (Å²) in [5, 5.41) is 10.7. The van der Waals surface area contributed by atoms with Gasteiger partial charge in [-0.15, -0.1) is 0 Å². The topological polar surface area (TPSA) is 69.1 Å². The average molecular weight is 451 g/mol. The zero-order valence-electron chi connectivity index (χ0n) is 19.2. The normalized spacial score (nSPS) is 22.5. The number of β-amino-alcohol motifs (C(OH)–C–C–N with tert-alkyl or cyclic N) is 1. The summed E-state index contributed by atoms with van der Waals surface area (Å²) in [4.78, 5) is 23.4. The molecule has 2 fully saturated rings. The molecule has 2 atom stereocenters. The van der Waals surface area contributed by atoms with E-state index in [1.807, 2.05) is 17.2 Å². The molecular formula is C26H34N4O3. The van der Waals surface area contributed by atoms with Gasteiger partial charge in [0, 0.05) is 58.0 Å². The number of urea groups is 1. The van der Waals surface area contributed by atoms with Crippen molar-refractivity contribution in [2.24, 2.45) is 0 Å². The highest BCUT2D eigenvalue weighted by Crippen LogP contribution is 2.25. The number of benzene rings is 1. The molecule has 33 heavy (non-hydrogen) atoms. The molecule has 0 spiro atoms. The highest BCUT2D eigenvalue weighted by atomic mass is 16.5. The number of carbonyl (C=O) groups excluding carboxylic acids is 1. The van der Waals surface area contributed by atoms with Crippen LogP contribution in [0.25, 0.3) is 0 Å². The van der Waals surface area contributed by atoms with Gasteiger partial charge >= 0.3 is 6.03 Å². The molecule has 5 rings (SSSR count). The van der Waals surface area contributed by atoms with Crippen molar-refractivity contribution in [3.63, 3.8) is 0 Å². The van der Waals surface area contributed by atoms with Crippen molar-refractivity contribution in [2.45, 2.75) is 44.4 Å². The number of carbonyl (C=O) groups is 1. The lowest BCUT2D eigenvalue weighted by Gasteiger charge is -2.31. The van der Waals surface area contributed by atoms with E-state index in [1.54, 1.807) is 4.90 Å². The number of ether oxygens (including phenoxy) is 1. The Balaban J connectivity index is 1.10. The lowest BCUT2D eigenvalue weighted by molar-refractivity contribution is 0.0803. The molecule has 7 nitrogen and oxygen atoms in total. The minimum absolute atomic E-state index is 0.00963. The first kappa shape index (κ1) is 22.3. The summed E-state index contributed by atoms with van der Waals surface area (Å²) in [5.74, 6) is 0.430. The number of pyridine rings is 1. The van der Waals surface area contributed by atoms with Crippen LogP contribution in [0.1, 0.15) is 41.1 Å². The van der Waals surface area contributed by atoms with Crippen LogP contribution in [0.4, 0.5) is 4.79 Å². The summed E-state index contributed by atoms with van der Waals surface area (Å²) in [6.07, 6.45) is 4.65. The number of rotatable bonds is 7. The average Bonchev–Trinajstić information content (AvgIpc) is 3.18. The van der Waals surface area contributed by atoms with E-state index in [4.69, 9.17) is 4.74 Å². The second-order valence-corrected chi connectivity index (χ2v) is 9.55. The van der Waals surface area contributed by atoms with E-state index >= 15 is 0 Å². The third-order valence-corrected chi connectivity index (χ3v) is 7.12. The fraction of sp³-hybridized carbons (Fsp3) is 0.538. The van der Waals surface area contributed by atoms with Crippen LogP contribution in [0.15, 0.2) is 42.6 Å². The fourth-order valence-electron chi connectivity index (χ4n) is 5.24. The van der Waals surface area contributed by atoms with Crippen LogP contribution >= 0.6 is 0 Å². The molecule has 2 saturated heterocycles. The molecule has 1 aromatic heterocycles. The minimum atomic E-state index is -0.547. The Bertz CT molecular complexity index is 945. The van der Waals surface area contributed by atoms with E-state index < -0.39 is 6.10 Å². The van der Waals surface area contributed by atoms with Gasteiger partial charge in [-0.1, -0.05) is 30.3 Å². The standard InChI is InChI=1S/C26H34N4O3/c31-25(17-28-10-9-20-4-1-2-5-22(20)15-28)18-30-12-11-29(26(30)32)16-24-8-7-21(14-27-24)23-6-3-13-33-19-23/h1-2,4-5,7-8,14,23,25,31H,3,6,9-13,15-19H2/t23?,25-/m1/s1. The van der Waals surface area contributed by atoms with Gasteiger partial charge < -0.3 is 19.6 Å². The second-order valence-electron chi connectivity index (χ2n) is 9.55. The van der Waals surface area contributed by atoms with Crippen molar-refractivity contribution in [1.82, 2.24) is 19.7 Å². The molecule has 0 aliphatic carbocycles. The monoisotopic (exact) mass is 450 g/mol. The summed E-state index contributed by atoms with van der Waals surface area (Å²) in [6, 6.07) is 12.7. The van der Waals surface area contributed by atoms with Gasteiger partial charge in [-0.25, -0.2) is 4.79 Å². The number of nitrogens with zero attached hydrogens (tertiary/aromatic N) is 4. The van der Waals surface area contributed by atoms with Crippen molar-refractivity contribution in [2.75, 3.05) is 45.9 Å². The maximum atomic E-state index is 12.9. The molecule has 4 heterocycles. The predicted molar refractivity (Wildman–Crippen MR) is 126 cm³/mol. The lowest BCUT2D eigenvalue weighted by atomic mass is 9.95. The Labute approximate surface area is 196 Å². The number of amides is 2. The van der Waals surface area contributed by atoms with Gasteiger partial charge in [0.25, 0.3) is 0 Å². The van der Waals surface area contributed by atoms with Crippen LogP contribution in [0, 0.1) is 0 Å². The van der Waals surface area contributed by atoms with Gasteiger partial charge in [0.15, 0.2) is 0 Å². The number of aromatic nitrogens is 1. The number of hydrogen-bond donors (Lipinski definition) is 1. The van der Waals surface area contributed by atoms with E-state index in [-0.39, 0.29) is 6.03 Å². The Morgan fingerprint density at radius 1 is 1.06 bits per heavy atom. The van der Waals surface area contributed by atoms with E-state index in [0.717, 1.165) is 51.3 Å². The molecule has 2 aromatic rings. The molecule has 0 radical (unpaired) electrons. The zero-order valence-corrected chi connectivity index (χ0v) is 19.2. The highest BCUT2D eigenvalue weighted by molar-refractivity contribution is 5.76. The molecule has 3 aliphatic heterocycles. The molecule has 176 valence electrons. The molecular weight excluding hydrogens is 416 g/mol. The Morgan fingerprint density at radius 2 is 1.91 bits per heavy atom. The number of aliphatic hydroxyl groups is 1. The van der Waals surface area contributed by atoms with Crippen molar-refractivity contribution in [3.05, 3.63) is 65.0 Å². The van der Waals surface area contributed by atoms with Crippen LogP contribution in [0.3, 0.4) is 0 Å². The van der Waals surface area contributed by atoms with E-state index in [0.29, 0.717) is 38.6 Å². The summed E-state index contributed by atoms with van der Waals surface area (Å²) in [6.45, 7) is 6.23. The van der Waals surface area contributed by atoms with Gasteiger partial charge in [0.1, 0.15) is 0 Å². The SMILES string of the molecule is O=C1N(Cc2ccc(C3CCCOC3)cn2)CCN1C[C@H](O)CN1CCc2ccccc2C1. The Hall–Kier alpha value is -2.48. The third kappa shape index (κ3) is 5.37. The molecule has 1 aromatic carbocycles. The van der Waals surface area contributed by atoms with Gasteiger partial charge in [-0.2, -0.15) is 0 Å². The van der Waals surface area contributed by atoms with E-state index in [1.165, 1.54) is 16.7 Å². The second kappa shape index (κ2) is 10.2. The molecule has 3 aliphatic rings. The summed E-state index contributed by atoms with van der Waals surface area (Å²) in [7, 11) is 0. The van der Waals surface area contributed by atoms with Crippen LogP contribution in [0.5, 0.6) is 0 Å². The Kier molecular flexibility index (Phi) is 6.90. The molecule has 0 bridgehead atoms. The van der Waals surface area contributed by atoms with Crippen LogP contribution in [0.2, 0.25) is 0 Å². The first-order valence-electron chi connectivity index (χ1n) is 12.2. The predicted octanol–water partition coefficient (Wildman–Crippen LogP) is 2.63. The van der Waals surface area contributed by atoms with Gasteiger partial charge in [-0.05, 0) is 42.0 Å². The fourth-order valence-corrected chi connectivity index (χ4v) is 5.24. The first-order chi connectivity index (χ1) is 16.2. The van der Waals surface area contributed by atoms with Crippen LogP contribution in [-0.4, -0.2) is 82.9 Å². The molecule has 0 saturated carbocycles. The van der Waals surface area contributed by atoms with Gasteiger partial charge in [-0.3, -0.25) is 9.88 Å². The van der Waals surface area contributed by atoms with Crippen molar-refractivity contribution in [3.8, 4) is 0 Å². The van der Waals surface area contributed by atoms with Crippen molar-refractivity contribution in [1.29, 1.82) is 0 Å². The van der Waals surface area contributed by atoms with E-state index in [2.05, 4.69) is 40.2 Å². The lowest BCUT2D eigenvalue weighted by Crippen LogP contribution is -2.43. The maximum absolute atomic E-state index is 12.9. The third-order valence-electron chi connectivity index (χ3n) is 7.12.